The molecule has 35 heavy (non-hydrogen) atoms. The molecule has 3 aromatic carbocycles. The van der Waals surface area contributed by atoms with Crippen molar-refractivity contribution < 1.29 is 24.2 Å². The lowest BCUT2D eigenvalue weighted by molar-refractivity contribution is -0.143. The van der Waals surface area contributed by atoms with Gasteiger partial charge in [-0.1, -0.05) is 48.5 Å². The van der Waals surface area contributed by atoms with Crippen LogP contribution in [0.25, 0.3) is 11.1 Å². The summed E-state index contributed by atoms with van der Waals surface area (Å²) in [5.74, 6) is -1.82. The molecule has 0 saturated carbocycles. The molecule has 0 saturated heterocycles. The van der Waals surface area contributed by atoms with E-state index in [1.807, 2.05) is 36.4 Å². The van der Waals surface area contributed by atoms with Crippen LogP contribution in [-0.2, 0) is 9.53 Å². The summed E-state index contributed by atoms with van der Waals surface area (Å²) >= 11 is 3.35. The molecule has 3 N–H and O–H groups in total. The Balaban J connectivity index is 1.49. The molecular formula is C27H25BrN2O5. The zero-order chi connectivity index (χ0) is 25.3. The molecule has 8 heteroatoms. The number of aryl methyl sites for hydroxylation is 1. The number of carbonyl (C=O) groups excluding carboxylic acids is 2. The SMILES string of the molecule is Cc1cc(Br)c(C(=O)NC(C)(C)C(=O)O)cc1NC(=O)OCC1c2ccccc2-c2ccccc21. The molecule has 1 aliphatic rings. The largest absolute Gasteiger partial charge is 0.480 e. The number of carbonyl (C=O) groups is 3. The topological polar surface area (TPSA) is 105 Å². The fourth-order valence-electron chi connectivity index (χ4n) is 4.13. The van der Waals surface area contributed by atoms with Crippen LogP contribution in [-0.4, -0.2) is 35.2 Å². The number of carboxylic acids is 1. The molecule has 0 heterocycles. The maximum absolute atomic E-state index is 12.7. The van der Waals surface area contributed by atoms with E-state index in [-0.39, 0.29) is 18.1 Å². The van der Waals surface area contributed by atoms with E-state index in [9.17, 15) is 19.5 Å². The summed E-state index contributed by atoms with van der Waals surface area (Å²) in [5, 5.41) is 14.5. The van der Waals surface area contributed by atoms with E-state index in [0.717, 1.165) is 22.3 Å². The number of hydrogen-bond acceptors (Lipinski definition) is 4. The highest BCUT2D eigenvalue weighted by atomic mass is 79.9. The lowest BCUT2D eigenvalue weighted by atomic mass is 9.98. The number of benzene rings is 3. The molecule has 0 bridgehead atoms. The maximum Gasteiger partial charge on any atom is 0.411 e. The quantitative estimate of drug-likeness (QED) is 0.374. The first-order valence-electron chi connectivity index (χ1n) is 11.1. The lowest BCUT2D eigenvalue weighted by Crippen LogP contribution is -2.49. The van der Waals surface area contributed by atoms with Crippen LogP contribution in [0, 0.1) is 6.92 Å². The number of rotatable bonds is 6. The van der Waals surface area contributed by atoms with E-state index >= 15 is 0 Å². The van der Waals surface area contributed by atoms with Crippen molar-refractivity contribution in [2.24, 2.45) is 0 Å². The van der Waals surface area contributed by atoms with Gasteiger partial charge in [0.2, 0.25) is 0 Å². The number of hydrogen-bond donors (Lipinski definition) is 3. The van der Waals surface area contributed by atoms with Gasteiger partial charge in [0.1, 0.15) is 12.1 Å². The number of aliphatic carboxylic acids is 1. The third kappa shape index (κ3) is 4.93. The van der Waals surface area contributed by atoms with Crippen LogP contribution in [0.15, 0.2) is 65.1 Å². The van der Waals surface area contributed by atoms with Crippen molar-refractivity contribution in [3.05, 3.63) is 87.4 Å². The van der Waals surface area contributed by atoms with Gasteiger partial charge in [-0.15, -0.1) is 0 Å². The Hall–Kier alpha value is -3.65. The van der Waals surface area contributed by atoms with E-state index in [2.05, 4.69) is 38.7 Å². The van der Waals surface area contributed by atoms with Crippen LogP contribution in [0.2, 0.25) is 0 Å². The van der Waals surface area contributed by atoms with Gasteiger partial charge in [-0.2, -0.15) is 0 Å². The molecule has 0 atom stereocenters. The number of fused-ring (bicyclic) bond motifs is 3. The second kappa shape index (κ2) is 9.54. The van der Waals surface area contributed by atoms with Crippen molar-refractivity contribution in [2.45, 2.75) is 32.2 Å². The molecule has 0 aromatic heterocycles. The van der Waals surface area contributed by atoms with Crippen LogP contribution >= 0.6 is 15.9 Å². The first-order chi connectivity index (χ1) is 16.6. The second-order valence-corrected chi connectivity index (χ2v) is 9.84. The first kappa shape index (κ1) is 24.5. The van der Waals surface area contributed by atoms with Gasteiger partial charge < -0.3 is 15.2 Å². The molecule has 1 aliphatic carbocycles. The van der Waals surface area contributed by atoms with Gasteiger partial charge in [-0.3, -0.25) is 10.1 Å². The molecule has 180 valence electrons. The molecule has 7 nitrogen and oxygen atoms in total. The second-order valence-electron chi connectivity index (χ2n) is 8.98. The van der Waals surface area contributed by atoms with Crippen LogP contribution in [0.4, 0.5) is 10.5 Å². The highest BCUT2D eigenvalue weighted by molar-refractivity contribution is 9.10. The zero-order valence-corrected chi connectivity index (χ0v) is 21.1. The first-order valence-corrected chi connectivity index (χ1v) is 11.9. The average molecular weight is 537 g/mol. The third-order valence-electron chi connectivity index (χ3n) is 6.10. The Kier molecular flexibility index (Phi) is 6.67. The van der Waals surface area contributed by atoms with E-state index in [0.29, 0.717) is 15.7 Å². The number of ether oxygens (including phenoxy) is 1. The van der Waals surface area contributed by atoms with Gasteiger partial charge in [-0.25, -0.2) is 9.59 Å². The van der Waals surface area contributed by atoms with E-state index in [4.69, 9.17) is 4.74 Å². The normalized spacial score (nSPS) is 12.5. The molecule has 0 unspecified atom stereocenters. The number of anilines is 1. The Morgan fingerprint density at radius 1 is 1.00 bits per heavy atom. The molecule has 0 spiro atoms. The van der Waals surface area contributed by atoms with Crippen molar-refractivity contribution in [1.82, 2.24) is 5.32 Å². The summed E-state index contributed by atoms with van der Waals surface area (Å²) in [6.45, 7) is 4.73. The van der Waals surface area contributed by atoms with Gasteiger partial charge >= 0.3 is 12.1 Å². The van der Waals surface area contributed by atoms with Crippen molar-refractivity contribution >= 4 is 39.6 Å². The maximum atomic E-state index is 12.7. The van der Waals surface area contributed by atoms with E-state index in [1.54, 1.807) is 13.0 Å². The fourth-order valence-corrected chi connectivity index (χ4v) is 4.77. The predicted molar refractivity (Wildman–Crippen MR) is 137 cm³/mol. The summed E-state index contributed by atoms with van der Waals surface area (Å²) in [5.41, 5.74) is 4.34. The highest BCUT2D eigenvalue weighted by Crippen LogP contribution is 2.44. The standard InChI is InChI=1S/C27H25BrN2O5/c1-15-12-22(28)20(24(31)30-27(2,3)25(32)33)13-23(15)29-26(34)35-14-21-18-10-6-4-8-16(18)17-9-5-7-11-19(17)21/h4-13,21H,14H2,1-3H3,(H,29,34)(H,30,31)(H,32,33). The monoisotopic (exact) mass is 536 g/mol. The van der Waals surface area contributed by atoms with Crippen LogP contribution in [0.1, 0.15) is 46.8 Å². The molecule has 0 radical (unpaired) electrons. The Bertz CT molecular complexity index is 1290. The minimum absolute atomic E-state index is 0.0706. The number of carboxylic acid groups (broad SMARTS) is 1. The van der Waals surface area contributed by atoms with Gasteiger partial charge in [0.15, 0.2) is 0 Å². The number of amides is 2. The van der Waals surface area contributed by atoms with Gasteiger partial charge in [0, 0.05) is 16.1 Å². The molecule has 0 aliphatic heterocycles. The van der Waals surface area contributed by atoms with Crippen molar-refractivity contribution in [1.29, 1.82) is 0 Å². The third-order valence-corrected chi connectivity index (χ3v) is 6.76. The highest BCUT2D eigenvalue weighted by Gasteiger charge is 2.31. The Morgan fingerprint density at radius 3 is 2.14 bits per heavy atom. The number of nitrogens with one attached hydrogen (secondary N) is 2. The summed E-state index contributed by atoms with van der Waals surface area (Å²) in [7, 11) is 0. The smallest absolute Gasteiger partial charge is 0.411 e. The zero-order valence-electron chi connectivity index (χ0n) is 19.5. The summed E-state index contributed by atoms with van der Waals surface area (Å²) < 4.78 is 6.08. The predicted octanol–water partition coefficient (Wildman–Crippen LogP) is 5.71. The van der Waals surface area contributed by atoms with Crippen molar-refractivity contribution in [3.63, 3.8) is 0 Å². The molecule has 4 rings (SSSR count). The van der Waals surface area contributed by atoms with Gasteiger partial charge in [-0.05, 0) is 76.7 Å². The molecule has 0 fully saturated rings. The Labute approximate surface area is 211 Å². The number of halogens is 1. The van der Waals surface area contributed by atoms with Crippen LogP contribution in [0.5, 0.6) is 0 Å². The van der Waals surface area contributed by atoms with Crippen molar-refractivity contribution in [2.75, 3.05) is 11.9 Å². The van der Waals surface area contributed by atoms with E-state index in [1.165, 1.54) is 19.9 Å². The lowest BCUT2D eigenvalue weighted by Gasteiger charge is -2.22. The van der Waals surface area contributed by atoms with E-state index < -0.39 is 23.5 Å². The van der Waals surface area contributed by atoms with Crippen LogP contribution < -0.4 is 10.6 Å². The van der Waals surface area contributed by atoms with Gasteiger partial charge in [0.05, 0.1) is 5.56 Å². The fraction of sp³-hybridized carbons (Fsp3) is 0.222. The Morgan fingerprint density at radius 2 is 1.57 bits per heavy atom. The van der Waals surface area contributed by atoms with Crippen LogP contribution in [0.3, 0.4) is 0 Å². The summed E-state index contributed by atoms with van der Waals surface area (Å²) in [4.78, 5) is 36.8. The van der Waals surface area contributed by atoms with Crippen molar-refractivity contribution in [3.8, 4) is 11.1 Å². The summed E-state index contributed by atoms with van der Waals surface area (Å²) in [6, 6.07) is 19.3. The molecular weight excluding hydrogens is 512 g/mol. The molecule has 3 aromatic rings. The minimum atomic E-state index is -1.46. The summed E-state index contributed by atoms with van der Waals surface area (Å²) in [6.07, 6.45) is -0.644. The minimum Gasteiger partial charge on any atom is -0.480 e. The van der Waals surface area contributed by atoms with Gasteiger partial charge in [0.25, 0.3) is 5.91 Å². The molecule has 2 amide bonds. The average Bonchev–Trinajstić information content (AvgIpc) is 3.13.